The highest BCUT2D eigenvalue weighted by molar-refractivity contribution is 5.81. The fourth-order valence-corrected chi connectivity index (χ4v) is 3.16. The SMILES string of the molecule is CC(NC(=O)CCn1ccc2ccccc21)c1cc2ccccc2o1. The van der Waals surface area contributed by atoms with Crippen molar-refractivity contribution < 1.29 is 9.21 Å². The van der Waals surface area contributed by atoms with Gasteiger partial charge in [-0.15, -0.1) is 0 Å². The molecule has 0 saturated heterocycles. The van der Waals surface area contributed by atoms with Gasteiger partial charge in [0, 0.05) is 30.1 Å². The van der Waals surface area contributed by atoms with Crippen LogP contribution in [0.4, 0.5) is 0 Å². The molecule has 2 aromatic carbocycles. The van der Waals surface area contributed by atoms with Gasteiger partial charge in [0.15, 0.2) is 0 Å². The van der Waals surface area contributed by atoms with E-state index in [2.05, 4.69) is 28.1 Å². The van der Waals surface area contributed by atoms with E-state index in [1.165, 1.54) is 5.39 Å². The molecule has 4 nitrogen and oxygen atoms in total. The van der Waals surface area contributed by atoms with Crippen LogP contribution in [-0.4, -0.2) is 10.5 Å². The molecule has 2 heterocycles. The number of rotatable bonds is 5. The van der Waals surface area contributed by atoms with Crippen LogP contribution in [-0.2, 0) is 11.3 Å². The van der Waals surface area contributed by atoms with Crippen LogP contribution in [0, 0.1) is 0 Å². The standard InChI is InChI=1S/C21H20N2O2/c1-15(20-14-17-7-3-5-9-19(17)25-20)22-21(24)11-13-23-12-10-16-6-2-4-8-18(16)23/h2-10,12,14-15H,11,13H2,1H3,(H,22,24). The summed E-state index contributed by atoms with van der Waals surface area (Å²) in [5.41, 5.74) is 2.00. The maximum absolute atomic E-state index is 12.3. The first kappa shape index (κ1) is 15.5. The number of amides is 1. The number of nitrogens with one attached hydrogen (secondary N) is 1. The number of hydrogen-bond acceptors (Lipinski definition) is 2. The molecule has 0 bridgehead atoms. The van der Waals surface area contributed by atoms with Crippen LogP contribution in [0.15, 0.2) is 71.3 Å². The van der Waals surface area contributed by atoms with Crippen molar-refractivity contribution in [1.82, 2.24) is 9.88 Å². The van der Waals surface area contributed by atoms with Gasteiger partial charge >= 0.3 is 0 Å². The Bertz CT molecular complexity index is 995. The number of nitrogens with zero attached hydrogens (tertiary/aromatic N) is 1. The summed E-state index contributed by atoms with van der Waals surface area (Å²) in [5.74, 6) is 0.798. The quantitative estimate of drug-likeness (QED) is 0.578. The lowest BCUT2D eigenvalue weighted by Gasteiger charge is -2.12. The fraction of sp³-hybridized carbons (Fsp3) is 0.190. The first-order valence-corrected chi connectivity index (χ1v) is 8.52. The highest BCUT2D eigenvalue weighted by Gasteiger charge is 2.14. The summed E-state index contributed by atoms with van der Waals surface area (Å²) >= 11 is 0. The zero-order valence-corrected chi connectivity index (χ0v) is 14.1. The first-order valence-electron chi connectivity index (χ1n) is 8.52. The van der Waals surface area contributed by atoms with E-state index in [0.29, 0.717) is 13.0 Å². The Morgan fingerprint density at radius 3 is 2.68 bits per heavy atom. The lowest BCUT2D eigenvalue weighted by Crippen LogP contribution is -2.27. The maximum atomic E-state index is 12.3. The minimum atomic E-state index is -0.152. The van der Waals surface area contributed by atoms with Crippen molar-refractivity contribution in [2.45, 2.75) is 25.9 Å². The molecule has 4 heteroatoms. The number of benzene rings is 2. The third-order valence-electron chi connectivity index (χ3n) is 4.51. The second-order valence-electron chi connectivity index (χ2n) is 6.29. The first-order chi connectivity index (χ1) is 12.2. The number of hydrogen-bond donors (Lipinski definition) is 1. The second-order valence-corrected chi connectivity index (χ2v) is 6.29. The summed E-state index contributed by atoms with van der Waals surface area (Å²) in [6.07, 6.45) is 2.46. The number of fused-ring (bicyclic) bond motifs is 2. The molecule has 1 atom stereocenters. The van der Waals surface area contributed by atoms with Crippen LogP contribution < -0.4 is 5.32 Å². The van der Waals surface area contributed by atoms with Crippen LogP contribution in [0.1, 0.15) is 25.1 Å². The van der Waals surface area contributed by atoms with Crippen LogP contribution in [0.3, 0.4) is 0 Å². The van der Waals surface area contributed by atoms with E-state index >= 15 is 0 Å². The Hall–Kier alpha value is -3.01. The number of carbonyl (C=O) groups excluding carboxylic acids is 1. The molecule has 1 unspecified atom stereocenters. The zero-order valence-electron chi connectivity index (χ0n) is 14.1. The van der Waals surface area contributed by atoms with E-state index in [4.69, 9.17) is 4.42 Å². The van der Waals surface area contributed by atoms with Crippen molar-refractivity contribution in [2.75, 3.05) is 0 Å². The average molecular weight is 332 g/mol. The molecule has 4 rings (SSSR count). The minimum absolute atomic E-state index is 0.0192. The second kappa shape index (κ2) is 6.48. The molecule has 0 saturated carbocycles. The van der Waals surface area contributed by atoms with Gasteiger partial charge in [0.05, 0.1) is 6.04 Å². The Labute approximate surface area is 146 Å². The van der Waals surface area contributed by atoms with Gasteiger partial charge in [-0.2, -0.15) is 0 Å². The van der Waals surface area contributed by atoms with Crippen molar-refractivity contribution in [1.29, 1.82) is 0 Å². The van der Waals surface area contributed by atoms with Crippen LogP contribution >= 0.6 is 0 Å². The molecule has 0 spiro atoms. The van der Waals surface area contributed by atoms with Gasteiger partial charge in [-0.05, 0) is 36.6 Å². The molecule has 126 valence electrons. The number of furan rings is 1. The van der Waals surface area contributed by atoms with Gasteiger partial charge in [-0.3, -0.25) is 4.79 Å². The molecule has 4 aromatic rings. The van der Waals surface area contributed by atoms with E-state index in [9.17, 15) is 4.79 Å². The zero-order chi connectivity index (χ0) is 17.2. The lowest BCUT2D eigenvalue weighted by atomic mass is 10.2. The summed E-state index contributed by atoms with van der Waals surface area (Å²) in [7, 11) is 0. The van der Waals surface area contributed by atoms with Crippen molar-refractivity contribution >= 4 is 27.8 Å². The van der Waals surface area contributed by atoms with Crippen molar-refractivity contribution in [3.63, 3.8) is 0 Å². The third-order valence-corrected chi connectivity index (χ3v) is 4.51. The molecule has 0 aliphatic rings. The van der Waals surface area contributed by atoms with Gasteiger partial charge in [0.2, 0.25) is 5.91 Å². The summed E-state index contributed by atoms with van der Waals surface area (Å²) < 4.78 is 7.93. The molecule has 0 aliphatic carbocycles. The van der Waals surface area contributed by atoms with Gasteiger partial charge in [-0.1, -0.05) is 36.4 Å². The number of aromatic nitrogens is 1. The van der Waals surface area contributed by atoms with Crippen LogP contribution in [0.25, 0.3) is 21.9 Å². The van der Waals surface area contributed by atoms with Crippen molar-refractivity contribution in [3.05, 3.63) is 72.6 Å². The monoisotopic (exact) mass is 332 g/mol. The van der Waals surface area contributed by atoms with Gasteiger partial charge in [-0.25, -0.2) is 0 Å². The molecule has 1 N–H and O–H groups in total. The van der Waals surface area contributed by atoms with Crippen molar-refractivity contribution in [3.8, 4) is 0 Å². The normalized spacial score (nSPS) is 12.5. The highest BCUT2D eigenvalue weighted by Crippen LogP contribution is 2.23. The number of para-hydroxylation sites is 2. The van der Waals surface area contributed by atoms with E-state index in [1.807, 2.05) is 55.6 Å². The lowest BCUT2D eigenvalue weighted by molar-refractivity contribution is -0.122. The van der Waals surface area contributed by atoms with E-state index < -0.39 is 0 Å². The largest absolute Gasteiger partial charge is 0.459 e. The maximum Gasteiger partial charge on any atom is 0.222 e. The van der Waals surface area contributed by atoms with Crippen LogP contribution in [0.2, 0.25) is 0 Å². The average Bonchev–Trinajstić information content (AvgIpc) is 3.24. The summed E-state index contributed by atoms with van der Waals surface area (Å²) in [5, 5.41) is 5.27. The smallest absolute Gasteiger partial charge is 0.222 e. The highest BCUT2D eigenvalue weighted by atomic mass is 16.3. The van der Waals surface area contributed by atoms with Gasteiger partial charge in [0.1, 0.15) is 11.3 Å². The fourth-order valence-electron chi connectivity index (χ4n) is 3.16. The molecular formula is C21H20N2O2. The van der Waals surface area contributed by atoms with E-state index in [-0.39, 0.29) is 11.9 Å². The third kappa shape index (κ3) is 3.15. The molecule has 0 radical (unpaired) electrons. The van der Waals surface area contributed by atoms with E-state index in [0.717, 1.165) is 22.2 Å². The predicted molar refractivity (Wildman–Crippen MR) is 99.3 cm³/mol. The summed E-state index contributed by atoms with van der Waals surface area (Å²) in [4.78, 5) is 12.3. The Morgan fingerprint density at radius 1 is 1.08 bits per heavy atom. The molecule has 2 aromatic heterocycles. The Kier molecular flexibility index (Phi) is 4.02. The summed E-state index contributed by atoms with van der Waals surface area (Å²) in [6, 6.07) is 20.0. The Morgan fingerprint density at radius 2 is 1.84 bits per heavy atom. The van der Waals surface area contributed by atoms with Crippen LogP contribution in [0.5, 0.6) is 0 Å². The predicted octanol–water partition coefficient (Wildman–Crippen LogP) is 4.66. The molecule has 0 aliphatic heterocycles. The van der Waals surface area contributed by atoms with E-state index in [1.54, 1.807) is 0 Å². The summed E-state index contributed by atoms with van der Waals surface area (Å²) in [6.45, 7) is 2.60. The Balaban J connectivity index is 1.39. The van der Waals surface area contributed by atoms with Crippen molar-refractivity contribution in [2.24, 2.45) is 0 Å². The minimum Gasteiger partial charge on any atom is -0.459 e. The number of aryl methyl sites for hydroxylation is 1. The molecule has 1 amide bonds. The van der Waals surface area contributed by atoms with Gasteiger partial charge in [0.25, 0.3) is 0 Å². The topological polar surface area (TPSA) is 47.2 Å². The van der Waals surface area contributed by atoms with Gasteiger partial charge < -0.3 is 14.3 Å². The number of carbonyl (C=O) groups is 1. The molecule has 0 fully saturated rings. The molecular weight excluding hydrogens is 312 g/mol. The molecule has 25 heavy (non-hydrogen) atoms.